The Kier molecular flexibility index (Phi) is 3.64. The Hall–Kier alpha value is -1.00. The number of rotatable bonds is 3. The van der Waals surface area contributed by atoms with E-state index in [1.807, 2.05) is 19.2 Å². The van der Waals surface area contributed by atoms with E-state index >= 15 is 0 Å². The molecule has 4 nitrogen and oxygen atoms in total. The summed E-state index contributed by atoms with van der Waals surface area (Å²) in [5, 5.41) is 2.29. The van der Waals surface area contributed by atoms with Crippen LogP contribution in [0.15, 0.2) is 12.3 Å². The fourth-order valence-corrected chi connectivity index (χ4v) is 1.85. The van der Waals surface area contributed by atoms with Gasteiger partial charge < -0.3 is 0 Å². The molecule has 1 aliphatic rings. The van der Waals surface area contributed by atoms with E-state index in [4.69, 9.17) is 0 Å². The molecule has 2 heterocycles. The molecule has 0 bridgehead atoms. The van der Waals surface area contributed by atoms with Crippen LogP contribution in [-0.2, 0) is 6.54 Å². The van der Waals surface area contributed by atoms with Gasteiger partial charge in [0.25, 0.3) is 0 Å². The maximum atomic E-state index is 4.36. The van der Waals surface area contributed by atoms with Gasteiger partial charge in [-0.25, -0.2) is 20.4 Å². The summed E-state index contributed by atoms with van der Waals surface area (Å²) < 4.78 is 0. The molecule has 1 saturated heterocycles. The van der Waals surface area contributed by atoms with E-state index < -0.39 is 0 Å². The van der Waals surface area contributed by atoms with Gasteiger partial charge in [-0.1, -0.05) is 6.42 Å². The van der Waals surface area contributed by atoms with Crippen molar-refractivity contribution in [2.75, 3.05) is 13.1 Å². The lowest BCUT2D eigenvalue weighted by Crippen LogP contribution is -2.41. The summed E-state index contributed by atoms with van der Waals surface area (Å²) >= 11 is 0. The highest BCUT2D eigenvalue weighted by Crippen LogP contribution is 2.06. The molecular formula is C11H18N4. The first-order valence-electron chi connectivity index (χ1n) is 5.61. The Labute approximate surface area is 90.7 Å². The third-order valence-corrected chi connectivity index (χ3v) is 2.67. The minimum Gasteiger partial charge on any atom is -0.249 e. The quantitative estimate of drug-likeness (QED) is 0.808. The highest BCUT2D eigenvalue weighted by Gasteiger charge is 2.09. The summed E-state index contributed by atoms with van der Waals surface area (Å²) in [6.07, 6.45) is 5.78. The average molecular weight is 206 g/mol. The van der Waals surface area contributed by atoms with Crippen molar-refractivity contribution in [1.82, 2.24) is 20.4 Å². The first kappa shape index (κ1) is 10.5. The normalized spacial score (nSPS) is 17.9. The SMILES string of the molecule is Cc1nccc(CNN2CCCCC2)n1. The standard InChI is InChI=1S/C11H18N4/c1-10-12-6-5-11(14-10)9-13-15-7-3-2-4-8-15/h5-6,13H,2-4,7-9H2,1H3. The molecular weight excluding hydrogens is 188 g/mol. The van der Waals surface area contributed by atoms with Gasteiger partial charge in [0.05, 0.1) is 12.2 Å². The van der Waals surface area contributed by atoms with E-state index in [9.17, 15) is 0 Å². The second-order valence-electron chi connectivity index (χ2n) is 3.98. The van der Waals surface area contributed by atoms with Crippen molar-refractivity contribution in [2.45, 2.75) is 32.7 Å². The van der Waals surface area contributed by atoms with Gasteiger partial charge in [0.2, 0.25) is 0 Å². The van der Waals surface area contributed by atoms with E-state index in [1.165, 1.54) is 19.3 Å². The lowest BCUT2D eigenvalue weighted by molar-refractivity contribution is 0.150. The molecule has 0 amide bonds. The number of nitrogens with zero attached hydrogens (tertiary/aromatic N) is 3. The van der Waals surface area contributed by atoms with E-state index in [0.29, 0.717) is 0 Å². The zero-order valence-electron chi connectivity index (χ0n) is 9.24. The molecule has 82 valence electrons. The molecule has 1 N–H and O–H groups in total. The number of hydrogen-bond acceptors (Lipinski definition) is 4. The van der Waals surface area contributed by atoms with Gasteiger partial charge in [-0.05, 0) is 25.8 Å². The van der Waals surface area contributed by atoms with Gasteiger partial charge >= 0.3 is 0 Å². The molecule has 15 heavy (non-hydrogen) atoms. The number of aromatic nitrogens is 2. The number of hydrogen-bond donors (Lipinski definition) is 1. The van der Waals surface area contributed by atoms with Crippen LogP contribution < -0.4 is 5.43 Å². The fraction of sp³-hybridized carbons (Fsp3) is 0.636. The Morgan fingerprint density at radius 1 is 1.33 bits per heavy atom. The predicted molar refractivity (Wildman–Crippen MR) is 59.0 cm³/mol. The molecule has 2 rings (SSSR count). The van der Waals surface area contributed by atoms with Crippen molar-refractivity contribution in [3.8, 4) is 0 Å². The van der Waals surface area contributed by atoms with Gasteiger partial charge in [-0.15, -0.1) is 0 Å². The summed E-state index contributed by atoms with van der Waals surface area (Å²) in [6.45, 7) is 5.04. The second kappa shape index (κ2) is 5.19. The van der Waals surface area contributed by atoms with Crippen molar-refractivity contribution in [1.29, 1.82) is 0 Å². The zero-order valence-corrected chi connectivity index (χ0v) is 9.24. The summed E-state index contributed by atoms with van der Waals surface area (Å²) in [7, 11) is 0. The molecule has 4 heteroatoms. The minimum absolute atomic E-state index is 0.809. The van der Waals surface area contributed by atoms with Crippen LogP contribution in [-0.4, -0.2) is 28.1 Å². The molecule has 1 aromatic rings. The van der Waals surface area contributed by atoms with Gasteiger partial charge in [0.15, 0.2) is 0 Å². The zero-order chi connectivity index (χ0) is 10.5. The fourth-order valence-electron chi connectivity index (χ4n) is 1.85. The number of aryl methyl sites for hydroxylation is 1. The summed E-state index contributed by atoms with van der Waals surface area (Å²) in [5.74, 6) is 0.841. The van der Waals surface area contributed by atoms with Crippen LogP contribution in [0.25, 0.3) is 0 Å². The first-order chi connectivity index (χ1) is 7.34. The van der Waals surface area contributed by atoms with E-state index in [2.05, 4.69) is 20.4 Å². The highest BCUT2D eigenvalue weighted by molar-refractivity contribution is 5.00. The molecule has 0 atom stereocenters. The van der Waals surface area contributed by atoms with E-state index in [1.54, 1.807) is 0 Å². The summed E-state index contributed by atoms with van der Waals surface area (Å²) in [6, 6.07) is 1.96. The van der Waals surface area contributed by atoms with Gasteiger partial charge in [-0.3, -0.25) is 0 Å². The van der Waals surface area contributed by atoms with Crippen LogP contribution >= 0.6 is 0 Å². The third-order valence-electron chi connectivity index (χ3n) is 2.67. The van der Waals surface area contributed by atoms with Crippen molar-refractivity contribution < 1.29 is 0 Å². The Morgan fingerprint density at radius 2 is 2.13 bits per heavy atom. The first-order valence-corrected chi connectivity index (χ1v) is 5.61. The second-order valence-corrected chi connectivity index (χ2v) is 3.98. The van der Waals surface area contributed by atoms with Gasteiger partial charge in [0, 0.05) is 19.3 Å². The minimum atomic E-state index is 0.809. The topological polar surface area (TPSA) is 41.1 Å². The van der Waals surface area contributed by atoms with Crippen molar-refractivity contribution in [2.24, 2.45) is 0 Å². The van der Waals surface area contributed by atoms with Crippen molar-refractivity contribution in [3.63, 3.8) is 0 Å². The number of piperidine rings is 1. The molecule has 0 unspecified atom stereocenters. The van der Waals surface area contributed by atoms with Crippen LogP contribution in [0.5, 0.6) is 0 Å². The molecule has 1 fully saturated rings. The number of hydrazine groups is 1. The van der Waals surface area contributed by atoms with Crippen molar-refractivity contribution >= 4 is 0 Å². The molecule has 1 aliphatic heterocycles. The van der Waals surface area contributed by atoms with Crippen LogP contribution in [0.4, 0.5) is 0 Å². The summed E-state index contributed by atoms with van der Waals surface area (Å²) in [4.78, 5) is 8.44. The number of nitrogens with one attached hydrogen (secondary N) is 1. The van der Waals surface area contributed by atoms with Gasteiger partial charge in [-0.2, -0.15) is 0 Å². The van der Waals surface area contributed by atoms with Crippen LogP contribution in [0.1, 0.15) is 30.8 Å². The van der Waals surface area contributed by atoms with E-state index in [-0.39, 0.29) is 0 Å². The van der Waals surface area contributed by atoms with Crippen LogP contribution in [0.2, 0.25) is 0 Å². The average Bonchev–Trinajstić information content (AvgIpc) is 2.28. The summed E-state index contributed by atoms with van der Waals surface area (Å²) in [5.41, 5.74) is 4.47. The smallest absolute Gasteiger partial charge is 0.125 e. The maximum absolute atomic E-state index is 4.36. The maximum Gasteiger partial charge on any atom is 0.125 e. The lowest BCUT2D eigenvalue weighted by Gasteiger charge is -2.26. The van der Waals surface area contributed by atoms with Crippen LogP contribution in [0, 0.1) is 6.92 Å². The Morgan fingerprint density at radius 3 is 2.87 bits per heavy atom. The predicted octanol–water partition coefficient (Wildman–Crippen LogP) is 1.28. The highest BCUT2D eigenvalue weighted by atomic mass is 15.5. The monoisotopic (exact) mass is 206 g/mol. The van der Waals surface area contributed by atoms with E-state index in [0.717, 1.165) is 31.2 Å². The molecule has 1 aromatic heterocycles. The Bertz CT molecular complexity index is 307. The van der Waals surface area contributed by atoms with Crippen LogP contribution in [0.3, 0.4) is 0 Å². The Balaban J connectivity index is 1.81. The molecule has 0 saturated carbocycles. The molecule has 0 spiro atoms. The molecule has 0 aromatic carbocycles. The third kappa shape index (κ3) is 3.25. The molecule has 0 radical (unpaired) electrons. The van der Waals surface area contributed by atoms with Crippen molar-refractivity contribution in [3.05, 3.63) is 23.8 Å². The lowest BCUT2D eigenvalue weighted by atomic mass is 10.2. The molecule has 0 aliphatic carbocycles. The van der Waals surface area contributed by atoms with Gasteiger partial charge in [0.1, 0.15) is 5.82 Å². The largest absolute Gasteiger partial charge is 0.249 e.